The lowest BCUT2D eigenvalue weighted by Crippen LogP contribution is -2.46. The molecule has 6 heteroatoms. The van der Waals surface area contributed by atoms with Gasteiger partial charge in [0.15, 0.2) is 0 Å². The summed E-state index contributed by atoms with van der Waals surface area (Å²) in [5, 5.41) is 0. The third-order valence-electron chi connectivity index (χ3n) is 0.982. The highest BCUT2D eigenvalue weighted by atomic mass is 19.3. The van der Waals surface area contributed by atoms with Crippen LogP contribution in [0.15, 0.2) is 12.7 Å². The lowest BCUT2D eigenvalue weighted by atomic mass is 10.3. The first-order valence-corrected chi connectivity index (χ1v) is 3.12. The normalized spacial score (nSPS) is 10.9. The minimum Gasteiger partial charge on any atom is -0.371 e. The van der Waals surface area contributed by atoms with Crippen LogP contribution in [0.5, 0.6) is 0 Å². The summed E-state index contributed by atoms with van der Waals surface area (Å²) in [4.78, 5) is 10.3. The van der Waals surface area contributed by atoms with Gasteiger partial charge < -0.3 is 4.74 Å². The van der Waals surface area contributed by atoms with E-state index in [9.17, 15) is 13.6 Å². The Hall–Kier alpha value is -1.01. The number of carbonyl (C=O) groups excluding carboxylic acids is 1. The average Bonchev–Trinajstić information content (AvgIpc) is 2.03. The van der Waals surface area contributed by atoms with Gasteiger partial charge in [-0.2, -0.15) is 8.78 Å². The van der Waals surface area contributed by atoms with Gasteiger partial charge in [-0.3, -0.25) is 10.2 Å². The highest BCUT2D eigenvalue weighted by Crippen LogP contribution is 2.12. The van der Waals surface area contributed by atoms with E-state index in [-0.39, 0.29) is 6.61 Å². The second kappa shape index (κ2) is 4.78. The van der Waals surface area contributed by atoms with Gasteiger partial charge in [-0.25, -0.2) is 5.84 Å². The molecule has 0 spiro atoms. The van der Waals surface area contributed by atoms with E-state index in [1.807, 2.05) is 0 Å². The predicted molar refractivity (Wildman–Crippen MR) is 38.3 cm³/mol. The fourth-order valence-electron chi connectivity index (χ4n) is 0.442. The lowest BCUT2D eigenvalue weighted by molar-refractivity contribution is -0.153. The topological polar surface area (TPSA) is 64.3 Å². The zero-order valence-electron chi connectivity index (χ0n) is 6.35. The Kier molecular flexibility index (Phi) is 4.38. The van der Waals surface area contributed by atoms with Crippen molar-refractivity contribution in [3.8, 4) is 0 Å². The molecule has 0 aromatic carbocycles. The number of alkyl halides is 2. The van der Waals surface area contributed by atoms with Crippen molar-refractivity contribution in [2.45, 2.75) is 5.92 Å². The van der Waals surface area contributed by atoms with Crippen LogP contribution in [0.3, 0.4) is 0 Å². The average molecular weight is 180 g/mol. The van der Waals surface area contributed by atoms with Crippen molar-refractivity contribution in [3.05, 3.63) is 12.7 Å². The molecule has 0 fully saturated rings. The molecule has 0 atom stereocenters. The zero-order valence-corrected chi connectivity index (χ0v) is 6.35. The highest BCUT2D eigenvalue weighted by molar-refractivity contribution is 5.82. The van der Waals surface area contributed by atoms with Gasteiger partial charge in [-0.05, 0) is 0 Å². The first kappa shape index (κ1) is 11.0. The molecule has 0 aliphatic rings. The van der Waals surface area contributed by atoms with Crippen LogP contribution in [0.1, 0.15) is 0 Å². The summed E-state index contributed by atoms with van der Waals surface area (Å²) in [7, 11) is 0. The van der Waals surface area contributed by atoms with E-state index in [2.05, 4.69) is 17.2 Å². The lowest BCUT2D eigenvalue weighted by Gasteiger charge is -2.13. The minimum absolute atomic E-state index is 0.0343. The van der Waals surface area contributed by atoms with E-state index in [0.717, 1.165) is 0 Å². The number of hydrogen-bond acceptors (Lipinski definition) is 3. The number of halogens is 2. The van der Waals surface area contributed by atoms with Crippen molar-refractivity contribution < 1.29 is 18.3 Å². The summed E-state index contributed by atoms with van der Waals surface area (Å²) in [5.41, 5.74) is 1.34. The maximum Gasteiger partial charge on any atom is 0.348 e. The van der Waals surface area contributed by atoms with E-state index in [0.29, 0.717) is 0 Å². The van der Waals surface area contributed by atoms with Crippen LogP contribution in [-0.2, 0) is 9.53 Å². The molecule has 0 aliphatic heterocycles. The van der Waals surface area contributed by atoms with Crippen LogP contribution in [-0.4, -0.2) is 25.0 Å². The van der Waals surface area contributed by atoms with Crippen LogP contribution < -0.4 is 11.3 Å². The standard InChI is InChI=1S/C6H10F2N2O2/c1-2-3-12-4-6(7,8)5(11)10-9/h2H,1,3-4,9H2,(H,10,11). The number of hydrazine groups is 1. The number of ether oxygens (including phenoxy) is 1. The molecule has 0 heterocycles. The van der Waals surface area contributed by atoms with Gasteiger partial charge in [-0.15, -0.1) is 6.58 Å². The van der Waals surface area contributed by atoms with Crippen molar-refractivity contribution in [3.63, 3.8) is 0 Å². The fraction of sp³-hybridized carbons (Fsp3) is 0.500. The predicted octanol–water partition coefficient (Wildman–Crippen LogP) is -0.186. The van der Waals surface area contributed by atoms with Crippen molar-refractivity contribution >= 4 is 5.91 Å². The van der Waals surface area contributed by atoms with E-state index in [1.165, 1.54) is 11.5 Å². The van der Waals surface area contributed by atoms with Gasteiger partial charge in [0.2, 0.25) is 0 Å². The smallest absolute Gasteiger partial charge is 0.348 e. The first-order chi connectivity index (χ1) is 5.54. The Balaban J connectivity index is 3.86. The molecule has 70 valence electrons. The summed E-state index contributed by atoms with van der Waals surface area (Å²) in [6.07, 6.45) is 1.30. The molecular formula is C6H10F2N2O2. The number of rotatable bonds is 5. The monoisotopic (exact) mass is 180 g/mol. The van der Waals surface area contributed by atoms with Gasteiger partial charge in [0.25, 0.3) is 0 Å². The molecule has 1 amide bonds. The van der Waals surface area contributed by atoms with Gasteiger partial charge in [0, 0.05) is 0 Å². The van der Waals surface area contributed by atoms with Gasteiger partial charge >= 0.3 is 11.8 Å². The Morgan fingerprint density at radius 3 is 2.75 bits per heavy atom. The Labute approximate surface area is 68.3 Å². The van der Waals surface area contributed by atoms with Crippen molar-refractivity contribution in [2.24, 2.45) is 5.84 Å². The second-order valence-electron chi connectivity index (χ2n) is 1.98. The van der Waals surface area contributed by atoms with Crippen LogP contribution in [0, 0.1) is 0 Å². The van der Waals surface area contributed by atoms with Gasteiger partial charge in [0.05, 0.1) is 6.61 Å². The van der Waals surface area contributed by atoms with E-state index in [1.54, 1.807) is 0 Å². The second-order valence-corrected chi connectivity index (χ2v) is 1.98. The summed E-state index contributed by atoms with van der Waals surface area (Å²) >= 11 is 0. The van der Waals surface area contributed by atoms with Crippen LogP contribution in [0.25, 0.3) is 0 Å². The highest BCUT2D eigenvalue weighted by Gasteiger charge is 2.38. The Morgan fingerprint density at radius 2 is 2.33 bits per heavy atom. The van der Waals surface area contributed by atoms with E-state index in [4.69, 9.17) is 0 Å². The maximum absolute atomic E-state index is 12.5. The number of nitrogens with one attached hydrogen (secondary N) is 1. The molecule has 0 rings (SSSR count). The summed E-state index contributed by atoms with van der Waals surface area (Å²) in [6, 6.07) is 0. The molecule has 0 aromatic rings. The number of hydrogen-bond donors (Lipinski definition) is 2. The molecule has 3 N–H and O–H groups in total. The molecule has 0 aliphatic carbocycles. The largest absolute Gasteiger partial charge is 0.371 e. The molecule has 0 saturated carbocycles. The van der Waals surface area contributed by atoms with Crippen LogP contribution >= 0.6 is 0 Å². The third kappa shape index (κ3) is 3.40. The SMILES string of the molecule is C=CCOCC(F)(F)C(=O)NN. The third-order valence-corrected chi connectivity index (χ3v) is 0.982. The first-order valence-electron chi connectivity index (χ1n) is 3.12. The number of nitrogens with two attached hydrogens (primary N) is 1. The van der Waals surface area contributed by atoms with Crippen LogP contribution in [0.4, 0.5) is 8.78 Å². The molecule has 0 aromatic heterocycles. The Bertz CT molecular complexity index is 173. The molecule has 4 nitrogen and oxygen atoms in total. The maximum atomic E-state index is 12.5. The fourth-order valence-corrected chi connectivity index (χ4v) is 0.442. The molecule has 0 radical (unpaired) electrons. The minimum atomic E-state index is -3.59. The van der Waals surface area contributed by atoms with Crippen LogP contribution in [0.2, 0.25) is 0 Å². The van der Waals surface area contributed by atoms with Gasteiger partial charge in [0.1, 0.15) is 6.61 Å². The molecular weight excluding hydrogens is 170 g/mol. The van der Waals surface area contributed by atoms with E-state index >= 15 is 0 Å². The summed E-state index contributed by atoms with van der Waals surface area (Å²) < 4.78 is 29.4. The van der Waals surface area contributed by atoms with Crippen molar-refractivity contribution in [1.29, 1.82) is 0 Å². The van der Waals surface area contributed by atoms with Gasteiger partial charge in [-0.1, -0.05) is 6.08 Å². The molecule has 12 heavy (non-hydrogen) atoms. The number of amides is 1. The summed E-state index contributed by atoms with van der Waals surface area (Å²) in [6.45, 7) is 2.22. The van der Waals surface area contributed by atoms with Crippen molar-refractivity contribution in [1.82, 2.24) is 5.43 Å². The Morgan fingerprint density at radius 1 is 1.75 bits per heavy atom. The molecule has 0 unspecified atom stereocenters. The molecule has 0 saturated heterocycles. The van der Waals surface area contributed by atoms with E-state index < -0.39 is 18.4 Å². The number of carbonyl (C=O) groups is 1. The summed E-state index contributed by atoms with van der Waals surface area (Å²) in [5.74, 6) is -0.642. The zero-order chi connectivity index (χ0) is 9.61. The molecule has 0 bridgehead atoms. The van der Waals surface area contributed by atoms with Crippen molar-refractivity contribution in [2.75, 3.05) is 13.2 Å². The quantitative estimate of drug-likeness (QED) is 0.203.